The van der Waals surface area contributed by atoms with Gasteiger partial charge in [-0.2, -0.15) is 0 Å². The van der Waals surface area contributed by atoms with E-state index in [9.17, 15) is 4.79 Å². The van der Waals surface area contributed by atoms with Gasteiger partial charge in [0.1, 0.15) is 0 Å². The molecule has 1 aromatic rings. The van der Waals surface area contributed by atoms with Gasteiger partial charge in [0, 0.05) is 18.7 Å². The van der Waals surface area contributed by atoms with Crippen molar-refractivity contribution >= 4 is 17.4 Å². The van der Waals surface area contributed by atoms with Crippen LogP contribution in [0, 0.1) is 0 Å². The summed E-state index contributed by atoms with van der Waals surface area (Å²) in [5.41, 5.74) is 1.88. The molecule has 5 nitrogen and oxygen atoms in total. The van der Waals surface area contributed by atoms with Crippen molar-refractivity contribution in [3.63, 3.8) is 0 Å². The van der Waals surface area contributed by atoms with Gasteiger partial charge in [-0.25, -0.2) is 4.79 Å². The molecule has 1 aromatic carbocycles. The summed E-state index contributed by atoms with van der Waals surface area (Å²) in [5.74, 6) is 0. The van der Waals surface area contributed by atoms with Crippen molar-refractivity contribution in [1.29, 1.82) is 0 Å². The maximum absolute atomic E-state index is 12.0. The fourth-order valence-corrected chi connectivity index (χ4v) is 2.08. The predicted molar refractivity (Wildman–Crippen MR) is 70.3 cm³/mol. The smallest absolute Gasteiger partial charge is 0.321 e. The zero-order valence-corrected chi connectivity index (χ0v) is 10.4. The molecule has 1 aliphatic rings. The second-order valence-corrected chi connectivity index (χ2v) is 4.36. The van der Waals surface area contributed by atoms with Crippen molar-refractivity contribution in [2.75, 3.05) is 18.4 Å². The average Bonchev–Trinajstić information content (AvgIpc) is 2.92. The number of anilines is 1. The van der Waals surface area contributed by atoms with Gasteiger partial charge in [0.25, 0.3) is 0 Å². The number of hydrogen-bond acceptors (Lipinski definition) is 3. The van der Waals surface area contributed by atoms with Crippen LogP contribution in [0.4, 0.5) is 10.5 Å². The van der Waals surface area contributed by atoms with Gasteiger partial charge in [-0.05, 0) is 25.8 Å². The highest BCUT2D eigenvalue weighted by Crippen LogP contribution is 2.18. The van der Waals surface area contributed by atoms with Gasteiger partial charge in [0.05, 0.1) is 11.4 Å². The topological polar surface area (TPSA) is 64.9 Å². The van der Waals surface area contributed by atoms with Crippen LogP contribution >= 0.6 is 0 Å². The lowest BCUT2D eigenvalue weighted by atomic mass is 10.1. The number of nitrogens with one attached hydrogen (secondary N) is 1. The van der Waals surface area contributed by atoms with E-state index >= 15 is 0 Å². The first-order valence-corrected chi connectivity index (χ1v) is 6.06. The van der Waals surface area contributed by atoms with E-state index in [1.54, 1.807) is 17.9 Å². The third-order valence-electron chi connectivity index (χ3n) is 3.10. The van der Waals surface area contributed by atoms with Crippen molar-refractivity contribution in [2.45, 2.75) is 19.8 Å². The number of benzene rings is 1. The molecular weight excluding hydrogens is 230 g/mol. The number of carbonyl (C=O) groups excluding carboxylic acids is 1. The number of para-hydroxylation sites is 1. The van der Waals surface area contributed by atoms with E-state index < -0.39 is 0 Å². The standard InChI is InChI=1S/C13H17N3O2/c1-10(15-18)11-6-2-3-7-12(11)14-13(17)16-8-4-5-9-16/h2-3,6-7,18H,4-5,8-9H2,1H3,(H,14,17). The first-order valence-electron chi connectivity index (χ1n) is 6.06. The lowest BCUT2D eigenvalue weighted by Crippen LogP contribution is -2.32. The average molecular weight is 247 g/mol. The van der Waals surface area contributed by atoms with Crippen LogP contribution in [0.1, 0.15) is 25.3 Å². The van der Waals surface area contributed by atoms with Gasteiger partial charge in [0.15, 0.2) is 0 Å². The second-order valence-electron chi connectivity index (χ2n) is 4.36. The first kappa shape index (κ1) is 12.4. The number of carbonyl (C=O) groups is 1. The molecule has 1 fully saturated rings. The van der Waals surface area contributed by atoms with E-state index in [2.05, 4.69) is 10.5 Å². The maximum atomic E-state index is 12.0. The fraction of sp³-hybridized carbons (Fsp3) is 0.385. The molecule has 0 saturated carbocycles. The zero-order chi connectivity index (χ0) is 13.0. The highest BCUT2D eigenvalue weighted by Gasteiger charge is 2.18. The number of likely N-dealkylation sites (tertiary alicyclic amines) is 1. The summed E-state index contributed by atoms with van der Waals surface area (Å²) >= 11 is 0. The molecule has 1 saturated heterocycles. The number of amides is 2. The second kappa shape index (κ2) is 5.53. The van der Waals surface area contributed by atoms with Gasteiger partial charge in [-0.1, -0.05) is 23.4 Å². The molecule has 2 N–H and O–H groups in total. The Morgan fingerprint density at radius 1 is 1.33 bits per heavy atom. The molecule has 96 valence electrons. The summed E-state index contributed by atoms with van der Waals surface area (Å²) in [5, 5.41) is 14.9. The van der Waals surface area contributed by atoms with Crippen LogP contribution in [-0.4, -0.2) is 34.9 Å². The van der Waals surface area contributed by atoms with Crippen LogP contribution in [0.25, 0.3) is 0 Å². The molecule has 18 heavy (non-hydrogen) atoms. The zero-order valence-electron chi connectivity index (χ0n) is 10.4. The van der Waals surface area contributed by atoms with Crippen molar-refractivity contribution < 1.29 is 10.0 Å². The molecule has 0 unspecified atom stereocenters. The van der Waals surface area contributed by atoms with E-state index in [0.29, 0.717) is 11.4 Å². The summed E-state index contributed by atoms with van der Waals surface area (Å²) < 4.78 is 0. The summed E-state index contributed by atoms with van der Waals surface area (Å²) in [4.78, 5) is 13.8. The lowest BCUT2D eigenvalue weighted by molar-refractivity contribution is 0.222. The molecule has 2 amide bonds. The van der Waals surface area contributed by atoms with Crippen LogP contribution in [-0.2, 0) is 0 Å². The molecule has 1 heterocycles. The first-order chi connectivity index (χ1) is 8.72. The Balaban J connectivity index is 2.15. The maximum Gasteiger partial charge on any atom is 0.321 e. The number of rotatable bonds is 2. The highest BCUT2D eigenvalue weighted by atomic mass is 16.4. The Morgan fingerprint density at radius 2 is 2.00 bits per heavy atom. The minimum atomic E-state index is -0.0920. The third-order valence-corrected chi connectivity index (χ3v) is 3.10. The molecule has 0 atom stereocenters. The van der Waals surface area contributed by atoms with E-state index in [4.69, 9.17) is 5.21 Å². The Labute approximate surface area is 106 Å². The monoisotopic (exact) mass is 247 g/mol. The van der Waals surface area contributed by atoms with Gasteiger partial charge < -0.3 is 15.4 Å². The molecule has 2 rings (SSSR count). The normalized spacial score (nSPS) is 15.8. The summed E-state index contributed by atoms with van der Waals surface area (Å²) in [6.07, 6.45) is 2.12. The van der Waals surface area contributed by atoms with Crippen molar-refractivity contribution in [3.8, 4) is 0 Å². The Kier molecular flexibility index (Phi) is 3.82. The Bertz CT molecular complexity index is 465. The summed E-state index contributed by atoms with van der Waals surface area (Å²) in [7, 11) is 0. The number of urea groups is 1. The van der Waals surface area contributed by atoms with E-state index in [1.165, 1.54) is 0 Å². The van der Waals surface area contributed by atoms with Crippen LogP contribution in [0.15, 0.2) is 29.4 Å². The van der Waals surface area contributed by atoms with Gasteiger partial charge >= 0.3 is 6.03 Å². The Hall–Kier alpha value is -2.04. The lowest BCUT2D eigenvalue weighted by Gasteiger charge is -2.17. The highest BCUT2D eigenvalue weighted by molar-refractivity contribution is 6.06. The van der Waals surface area contributed by atoms with Crippen LogP contribution in [0.2, 0.25) is 0 Å². The van der Waals surface area contributed by atoms with Crippen LogP contribution in [0.5, 0.6) is 0 Å². The Morgan fingerprint density at radius 3 is 2.67 bits per heavy atom. The van der Waals surface area contributed by atoms with Crippen molar-refractivity contribution in [3.05, 3.63) is 29.8 Å². The third kappa shape index (κ3) is 2.61. The number of oxime groups is 1. The van der Waals surface area contributed by atoms with Crippen LogP contribution in [0.3, 0.4) is 0 Å². The molecule has 5 heteroatoms. The number of nitrogens with zero attached hydrogens (tertiary/aromatic N) is 2. The predicted octanol–water partition coefficient (Wildman–Crippen LogP) is 2.51. The summed E-state index contributed by atoms with van der Waals surface area (Å²) in [6, 6.07) is 7.21. The van der Waals surface area contributed by atoms with Gasteiger partial charge in [-0.15, -0.1) is 0 Å². The molecule has 0 aliphatic carbocycles. The minimum Gasteiger partial charge on any atom is -0.411 e. The minimum absolute atomic E-state index is 0.0920. The van der Waals surface area contributed by atoms with Crippen LogP contribution < -0.4 is 5.32 Å². The van der Waals surface area contributed by atoms with Gasteiger partial charge in [0.2, 0.25) is 0 Å². The van der Waals surface area contributed by atoms with E-state index in [-0.39, 0.29) is 6.03 Å². The quantitative estimate of drug-likeness (QED) is 0.479. The SMILES string of the molecule is CC(=NO)c1ccccc1NC(=O)N1CCCC1. The fourth-order valence-electron chi connectivity index (χ4n) is 2.08. The largest absolute Gasteiger partial charge is 0.411 e. The van der Waals surface area contributed by atoms with Crippen molar-refractivity contribution in [2.24, 2.45) is 5.16 Å². The van der Waals surface area contributed by atoms with Gasteiger partial charge in [-0.3, -0.25) is 0 Å². The van der Waals surface area contributed by atoms with E-state index in [1.807, 2.05) is 18.2 Å². The molecule has 0 radical (unpaired) electrons. The summed E-state index contributed by atoms with van der Waals surface area (Å²) in [6.45, 7) is 3.31. The molecule has 0 spiro atoms. The molecular formula is C13H17N3O2. The number of hydrogen-bond donors (Lipinski definition) is 2. The molecule has 0 bridgehead atoms. The van der Waals surface area contributed by atoms with E-state index in [0.717, 1.165) is 31.5 Å². The molecule has 0 aromatic heterocycles. The molecule has 1 aliphatic heterocycles. The van der Waals surface area contributed by atoms with Crippen molar-refractivity contribution in [1.82, 2.24) is 4.90 Å².